The Hall–Kier alpha value is -1.10. The predicted molar refractivity (Wildman–Crippen MR) is 56.4 cm³/mol. The fourth-order valence-electron chi connectivity index (χ4n) is 1.54. The molecule has 1 N–H and O–H groups in total. The molecule has 0 spiro atoms. The summed E-state index contributed by atoms with van der Waals surface area (Å²) in [6.07, 6.45) is 4.01. The number of rotatable bonds is 3. The van der Waals surface area contributed by atoms with Gasteiger partial charge in [0.05, 0.1) is 6.54 Å². The highest BCUT2D eigenvalue weighted by Gasteiger charge is 2.17. The predicted octanol–water partition coefficient (Wildman–Crippen LogP) is 1.18. The number of aromatic nitrogens is 1. The largest absolute Gasteiger partial charge is 0.352 e. The number of thiazole rings is 1. The summed E-state index contributed by atoms with van der Waals surface area (Å²) in [5, 5.41) is 5.73. The first kappa shape index (κ1) is 9.45. The normalized spacial score (nSPS) is 15.9. The number of likely N-dealkylation sites (tertiary alicyclic amines) is 1. The van der Waals surface area contributed by atoms with E-state index < -0.39 is 0 Å². The molecule has 1 saturated heterocycles. The summed E-state index contributed by atoms with van der Waals surface area (Å²) in [6.45, 7) is 2.20. The average Bonchev–Trinajstić information content (AvgIpc) is 2.87. The van der Waals surface area contributed by atoms with Crippen molar-refractivity contribution in [2.75, 3.05) is 25.0 Å². The lowest BCUT2D eigenvalue weighted by molar-refractivity contribution is -0.128. The van der Waals surface area contributed by atoms with Gasteiger partial charge in [-0.15, -0.1) is 11.3 Å². The van der Waals surface area contributed by atoms with E-state index in [2.05, 4.69) is 10.3 Å². The number of nitrogens with one attached hydrogen (secondary N) is 1. The molecule has 0 aromatic carbocycles. The highest BCUT2D eigenvalue weighted by molar-refractivity contribution is 7.13. The quantitative estimate of drug-likeness (QED) is 0.816. The van der Waals surface area contributed by atoms with Crippen molar-refractivity contribution in [1.82, 2.24) is 9.88 Å². The van der Waals surface area contributed by atoms with Crippen LogP contribution >= 0.6 is 11.3 Å². The Bertz CT molecular complexity index is 293. The molecule has 5 heteroatoms. The Morgan fingerprint density at radius 2 is 2.36 bits per heavy atom. The molecule has 1 aromatic rings. The van der Waals surface area contributed by atoms with Gasteiger partial charge in [0.25, 0.3) is 0 Å². The van der Waals surface area contributed by atoms with Gasteiger partial charge in [-0.3, -0.25) is 4.79 Å². The van der Waals surface area contributed by atoms with E-state index >= 15 is 0 Å². The van der Waals surface area contributed by atoms with E-state index in [-0.39, 0.29) is 5.91 Å². The van der Waals surface area contributed by atoms with Crippen molar-refractivity contribution in [3.8, 4) is 0 Å². The second-order valence-corrected chi connectivity index (χ2v) is 4.17. The van der Waals surface area contributed by atoms with Crippen molar-refractivity contribution in [2.45, 2.75) is 12.8 Å². The molecular formula is C9H13N3OS. The van der Waals surface area contributed by atoms with Crippen LogP contribution in [0, 0.1) is 0 Å². The Labute approximate surface area is 86.9 Å². The molecule has 0 bridgehead atoms. The fourth-order valence-corrected chi connectivity index (χ4v) is 2.07. The van der Waals surface area contributed by atoms with Crippen molar-refractivity contribution in [3.63, 3.8) is 0 Å². The van der Waals surface area contributed by atoms with Gasteiger partial charge < -0.3 is 10.2 Å². The minimum Gasteiger partial charge on any atom is -0.352 e. The minimum absolute atomic E-state index is 0.178. The highest BCUT2D eigenvalue weighted by Crippen LogP contribution is 2.11. The minimum atomic E-state index is 0.178. The molecule has 4 nitrogen and oxygen atoms in total. The van der Waals surface area contributed by atoms with Crippen LogP contribution in [0.25, 0.3) is 0 Å². The lowest BCUT2D eigenvalue weighted by Gasteiger charge is -2.14. The summed E-state index contributed by atoms with van der Waals surface area (Å²) in [5.74, 6) is 0.178. The molecule has 1 fully saturated rings. The molecule has 0 unspecified atom stereocenters. The number of hydrogen-bond acceptors (Lipinski definition) is 4. The van der Waals surface area contributed by atoms with Gasteiger partial charge in [0.1, 0.15) is 0 Å². The number of carbonyl (C=O) groups is 1. The third-order valence-electron chi connectivity index (χ3n) is 2.28. The zero-order valence-corrected chi connectivity index (χ0v) is 8.72. The number of nitrogens with zero attached hydrogens (tertiary/aromatic N) is 2. The number of amides is 1. The van der Waals surface area contributed by atoms with Crippen LogP contribution in [0.2, 0.25) is 0 Å². The first-order valence-electron chi connectivity index (χ1n) is 4.77. The first-order chi connectivity index (χ1) is 6.86. The van der Waals surface area contributed by atoms with Crippen LogP contribution < -0.4 is 5.32 Å². The molecule has 0 atom stereocenters. The van der Waals surface area contributed by atoms with Gasteiger partial charge in [-0.25, -0.2) is 4.98 Å². The first-order valence-corrected chi connectivity index (χ1v) is 5.65. The van der Waals surface area contributed by atoms with Crippen LogP contribution in [0.3, 0.4) is 0 Å². The van der Waals surface area contributed by atoms with Crippen LogP contribution in [0.1, 0.15) is 12.8 Å². The van der Waals surface area contributed by atoms with Gasteiger partial charge in [0.15, 0.2) is 5.13 Å². The fraction of sp³-hybridized carbons (Fsp3) is 0.556. The Morgan fingerprint density at radius 3 is 3.00 bits per heavy atom. The van der Waals surface area contributed by atoms with Crippen molar-refractivity contribution in [1.29, 1.82) is 0 Å². The average molecular weight is 211 g/mol. The maximum absolute atomic E-state index is 11.6. The molecule has 2 rings (SSSR count). The topological polar surface area (TPSA) is 45.2 Å². The van der Waals surface area contributed by atoms with Crippen LogP contribution in [-0.2, 0) is 4.79 Å². The van der Waals surface area contributed by atoms with Gasteiger partial charge in [-0.2, -0.15) is 0 Å². The molecule has 0 saturated carbocycles. The molecule has 2 heterocycles. The van der Waals surface area contributed by atoms with Gasteiger partial charge >= 0.3 is 0 Å². The standard InChI is InChI=1S/C9H13N3OS/c13-8(12-4-1-2-5-12)7-11-9-10-3-6-14-9/h3,6H,1-2,4-5,7H2,(H,10,11). The summed E-state index contributed by atoms with van der Waals surface area (Å²) in [6, 6.07) is 0. The second kappa shape index (κ2) is 4.41. The molecule has 0 radical (unpaired) electrons. The summed E-state index contributed by atoms with van der Waals surface area (Å²) in [5.41, 5.74) is 0. The van der Waals surface area contributed by atoms with Gasteiger partial charge in [0, 0.05) is 24.7 Å². The van der Waals surface area contributed by atoms with Crippen LogP contribution in [0.5, 0.6) is 0 Å². The van der Waals surface area contributed by atoms with Gasteiger partial charge in [-0.1, -0.05) is 0 Å². The van der Waals surface area contributed by atoms with Gasteiger partial charge in [-0.05, 0) is 12.8 Å². The Balaban J connectivity index is 1.77. The van der Waals surface area contributed by atoms with Crippen molar-refractivity contribution in [2.24, 2.45) is 0 Å². The lowest BCUT2D eigenvalue weighted by Crippen LogP contribution is -2.32. The molecule has 76 valence electrons. The van der Waals surface area contributed by atoms with Crippen LogP contribution in [-0.4, -0.2) is 35.4 Å². The van der Waals surface area contributed by atoms with Crippen LogP contribution in [0.15, 0.2) is 11.6 Å². The summed E-state index contributed by atoms with van der Waals surface area (Å²) in [7, 11) is 0. The van der Waals surface area contributed by atoms with E-state index in [1.807, 2.05) is 10.3 Å². The number of hydrogen-bond donors (Lipinski definition) is 1. The number of carbonyl (C=O) groups excluding carboxylic acids is 1. The van der Waals surface area contributed by atoms with Gasteiger partial charge in [0.2, 0.25) is 5.91 Å². The molecule has 1 aliphatic heterocycles. The molecule has 1 aromatic heterocycles. The number of anilines is 1. The van der Waals surface area contributed by atoms with E-state index in [1.54, 1.807) is 6.20 Å². The zero-order valence-electron chi connectivity index (χ0n) is 7.90. The smallest absolute Gasteiger partial charge is 0.241 e. The van der Waals surface area contributed by atoms with Crippen LogP contribution in [0.4, 0.5) is 5.13 Å². The molecule has 14 heavy (non-hydrogen) atoms. The van der Waals surface area contributed by atoms with E-state index in [1.165, 1.54) is 11.3 Å². The lowest BCUT2D eigenvalue weighted by atomic mass is 10.4. The van der Waals surface area contributed by atoms with E-state index in [4.69, 9.17) is 0 Å². The maximum Gasteiger partial charge on any atom is 0.241 e. The summed E-state index contributed by atoms with van der Waals surface area (Å²) in [4.78, 5) is 17.5. The molecule has 0 aliphatic carbocycles. The summed E-state index contributed by atoms with van der Waals surface area (Å²) >= 11 is 1.51. The van der Waals surface area contributed by atoms with E-state index in [0.717, 1.165) is 31.1 Å². The van der Waals surface area contributed by atoms with Crippen molar-refractivity contribution in [3.05, 3.63) is 11.6 Å². The van der Waals surface area contributed by atoms with Crippen molar-refractivity contribution >= 4 is 22.4 Å². The highest BCUT2D eigenvalue weighted by atomic mass is 32.1. The van der Waals surface area contributed by atoms with Crippen molar-refractivity contribution < 1.29 is 4.79 Å². The molecule has 1 amide bonds. The SMILES string of the molecule is O=C(CNc1nccs1)N1CCCC1. The second-order valence-electron chi connectivity index (χ2n) is 3.28. The summed E-state index contributed by atoms with van der Waals surface area (Å²) < 4.78 is 0. The maximum atomic E-state index is 11.6. The monoisotopic (exact) mass is 211 g/mol. The van der Waals surface area contributed by atoms with E-state index in [9.17, 15) is 4.79 Å². The molecular weight excluding hydrogens is 198 g/mol. The molecule has 1 aliphatic rings. The Morgan fingerprint density at radius 1 is 1.57 bits per heavy atom. The van der Waals surface area contributed by atoms with E-state index in [0.29, 0.717) is 6.54 Å². The third-order valence-corrected chi connectivity index (χ3v) is 3.01. The third kappa shape index (κ3) is 2.23. The zero-order chi connectivity index (χ0) is 9.80. The Kier molecular flexibility index (Phi) is 2.98.